The number of nitrogens with zero attached hydrogens (tertiary/aromatic N) is 3. The van der Waals surface area contributed by atoms with E-state index in [1.165, 1.54) is 0 Å². The Bertz CT molecular complexity index is 563. The summed E-state index contributed by atoms with van der Waals surface area (Å²) in [5.41, 5.74) is 1.75. The first-order valence-corrected chi connectivity index (χ1v) is 7.55. The van der Waals surface area contributed by atoms with Crippen LogP contribution in [0.5, 0.6) is 0 Å². The largest absolute Gasteiger partial charge is 0.394 e. The second-order valence-corrected chi connectivity index (χ2v) is 4.75. The lowest BCUT2D eigenvalue weighted by Gasteiger charge is -2.09. The molecule has 0 saturated heterocycles. The normalized spacial score (nSPS) is 10.6. The molecule has 0 bridgehead atoms. The topological polar surface area (TPSA) is 80.2 Å². The highest BCUT2D eigenvalue weighted by Gasteiger charge is 2.06. The zero-order valence-electron chi connectivity index (χ0n) is 12.8. The molecule has 2 aromatic rings. The van der Waals surface area contributed by atoms with E-state index in [0.29, 0.717) is 19.0 Å². The summed E-state index contributed by atoms with van der Waals surface area (Å²) in [6.07, 6.45) is 3.43. The number of ether oxygens (including phenoxy) is 1. The van der Waals surface area contributed by atoms with E-state index in [0.717, 1.165) is 36.6 Å². The molecule has 2 heterocycles. The van der Waals surface area contributed by atoms with Crippen molar-refractivity contribution in [2.45, 2.75) is 19.8 Å². The summed E-state index contributed by atoms with van der Waals surface area (Å²) in [5.74, 6) is 1.44. The molecule has 0 aliphatic carbocycles. The van der Waals surface area contributed by atoms with Gasteiger partial charge in [-0.1, -0.05) is 13.0 Å². The molecular weight excluding hydrogens is 280 g/mol. The van der Waals surface area contributed by atoms with Crippen LogP contribution in [0.1, 0.15) is 19.0 Å². The van der Waals surface area contributed by atoms with E-state index in [1.807, 2.05) is 24.3 Å². The maximum Gasteiger partial charge on any atom is 0.180 e. The number of anilines is 1. The van der Waals surface area contributed by atoms with Gasteiger partial charge in [0.15, 0.2) is 5.82 Å². The third kappa shape index (κ3) is 5.05. The minimum atomic E-state index is 0.0621. The summed E-state index contributed by atoms with van der Waals surface area (Å²) in [7, 11) is 0. The molecule has 0 aliphatic rings. The van der Waals surface area contributed by atoms with Crippen LogP contribution in [-0.2, 0) is 11.2 Å². The number of aromatic nitrogens is 3. The molecule has 118 valence electrons. The highest BCUT2D eigenvalue weighted by molar-refractivity contribution is 5.52. The molecule has 0 radical (unpaired) electrons. The summed E-state index contributed by atoms with van der Waals surface area (Å²) in [6.45, 7) is 3.89. The number of pyridine rings is 1. The first kappa shape index (κ1) is 16.3. The Labute approximate surface area is 130 Å². The fourth-order valence-electron chi connectivity index (χ4n) is 1.94. The molecule has 22 heavy (non-hydrogen) atoms. The van der Waals surface area contributed by atoms with Crippen LogP contribution in [-0.4, -0.2) is 46.4 Å². The van der Waals surface area contributed by atoms with Gasteiger partial charge in [0.05, 0.1) is 13.2 Å². The van der Waals surface area contributed by atoms with Gasteiger partial charge in [-0.05, 0) is 25.0 Å². The van der Waals surface area contributed by atoms with Crippen molar-refractivity contribution in [3.8, 4) is 11.5 Å². The molecule has 0 aliphatic heterocycles. The van der Waals surface area contributed by atoms with E-state index in [9.17, 15) is 0 Å². The number of aryl methyl sites for hydroxylation is 1. The van der Waals surface area contributed by atoms with Crippen LogP contribution < -0.4 is 5.32 Å². The van der Waals surface area contributed by atoms with E-state index >= 15 is 0 Å². The summed E-state index contributed by atoms with van der Waals surface area (Å²) < 4.78 is 5.23. The smallest absolute Gasteiger partial charge is 0.180 e. The lowest BCUT2D eigenvalue weighted by atomic mass is 10.2. The maximum absolute atomic E-state index is 8.63. The zero-order chi connectivity index (χ0) is 15.6. The standard InChI is InChI=1S/C16H22N4O2/c1-2-13-12-15(18-8-5-10-22-11-9-21)20-16(19-13)14-6-3-4-7-17-14/h3-4,6-7,12,21H,2,5,8-11H2,1H3,(H,18,19,20). The van der Waals surface area contributed by atoms with E-state index in [1.54, 1.807) is 6.20 Å². The molecule has 6 nitrogen and oxygen atoms in total. The van der Waals surface area contributed by atoms with Crippen molar-refractivity contribution in [3.05, 3.63) is 36.2 Å². The van der Waals surface area contributed by atoms with Gasteiger partial charge in [0.25, 0.3) is 0 Å². The minimum absolute atomic E-state index is 0.0621. The van der Waals surface area contributed by atoms with Crippen LogP contribution in [0.25, 0.3) is 11.5 Å². The van der Waals surface area contributed by atoms with Crippen molar-refractivity contribution >= 4 is 5.82 Å². The predicted molar refractivity (Wildman–Crippen MR) is 85.7 cm³/mol. The van der Waals surface area contributed by atoms with Crippen molar-refractivity contribution in [1.82, 2.24) is 15.0 Å². The van der Waals surface area contributed by atoms with Gasteiger partial charge in [-0.15, -0.1) is 0 Å². The van der Waals surface area contributed by atoms with Gasteiger partial charge >= 0.3 is 0 Å². The molecule has 2 rings (SSSR count). The van der Waals surface area contributed by atoms with Crippen LogP contribution >= 0.6 is 0 Å². The molecule has 0 atom stereocenters. The lowest BCUT2D eigenvalue weighted by molar-refractivity contribution is 0.0922. The molecule has 0 saturated carbocycles. The highest BCUT2D eigenvalue weighted by atomic mass is 16.5. The summed E-state index contributed by atoms with van der Waals surface area (Å²) in [6, 6.07) is 7.66. The Morgan fingerprint density at radius 1 is 1.23 bits per heavy atom. The monoisotopic (exact) mass is 302 g/mol. The first-order chi connectivity index (χ1) is 10.8. The number of rotatable bonds is 9. The third-order valence-corrected chi connectivity index (χ3v) is 3.04. The number of hydrogen-bond donors (Lipinski definition) is 2. The zero-order valence-corrected chi connectivity index (χ0v) is 12.8. The molecule has 0 spiro atoms. The second kappa shape index (κ2) is 9.07. The fourth-order valence-corrected chi connectivity index (χ4v) is 1.94. The summed E-state index contributed by atoms with van der Waals surface area (Å²) >= 11 is 0. The number of nitrogens with one attached hydrogen (secondary N) is 1. The fraction of sp³-hybridized carbons (Fsp3) is 0.438. The molecule has 2 aromatic heterocycles. The average Bonchev–Trinajstić information content (AvgIpc) is 2.58. The Hall–Kier alpha value is -2.05. The van der Waals surface area contributed by atoms with Crippen molar-refractivity contribution in [1.29, 1.82) is 0 Å². The van der Waals surface area contributed by atoms with Gasteiger partial charge < -0.3 is 15.2 Å². The second-order valence-electron chi connectivity index (χ2n) is 4.75. The van der Waals surface area contributed by atoms with Crippen LogP contribution in [0.2, 0.25) is 0 Å². The van der Waals surface area contributed by atoms with Gasteiger partial charge in [-0.2, -0.15) is 0 Å². The van der Waals surface area contributed by atoms with E-state index < -0.39 is 0 Å². The minimum Gasteiger partial charge on any atom is -0.394 e. The number of aliphatic hydroxyl groups excluding tert-OH is 1. The Kier molecular flexibility index (Phi) is 6.73. The maximum atomic E-state index is 8.63. The molecule has 0 aromatic carbocycles. The Morgan fingerprint density at radius 3 is 2.86 bits per heavy atom. The summed E-state index contributed by atoms with van der Waals surface area (Å²) in [5, 5.41) is 11.9. The van der Waals surface area contributed by atoms with Crippen molar-refractivity contribution in [2.24, 2.45) is 0 Å². The van der Waals surface area contributed by atoms with Crippen LogP contribution in [0.15, 0.2) is 30.5 Å². The molecule has 6 heteroatoms. The molecule has 0 amide bonds. The van der Waals surface area contributed by atoms with Crippen LogP contribution in [0, 0.1) is 0 Å². The van der Waals surface area contributed by atoms with Gasteiger partial charge in [0.2, 0.25) is 0 Å². The molecular formula is C16H22N4O2. The quantitative estimate of drug-likeness (QED) is 0.689. The molecule has 0 fully saturated rings. The highest BCUT2D eigenvalue weighted by Crippen LogP contribution is 2.16. The van der Waals surface area contributed by atoms with E-state index in [-0.39, 0.29) is 6.61 Å². The lowest BCUT2D eigenvalue weighted by Crippen LogP contribution is -2.10. The SMILES string of the molecule is CCc1cc(NCCCOCCO)nc(-c2ccccn2)n1. The average molecular weight is 302 g/mol. The Balaban J connectivity index is 1.99. The number of hydrogen-bond acceptors (Lipinski definition) is 6. The van der Waals surface area contributed by atoms with Crippen molar-refractivity contribution in [3.63, 3.8) is 0 Å². The van der Waals surface area contributed by atoms with E-state index in [4.69, 9.17) is 9.84 Å². The third-order valence-electron chi connectivity index (χ3n) is 3.04. The van der Waals surface area contributed by atoms with Crippen LogP contribution in [0.3, 0.4) is 0 Å². The first-order valence-electron chi connectivity index (χ1n) is 7.55. The van der Waals surface area contributed by atoms with Gasteiger partial charge in [0, 0.05) is 31.1 Å². The molecule has 2 N–H and O–H groups in total. The number of aliphatic hydroxyl groups is 1. The van der Waals surface area contributed by atoms with Gasteiger partial charge in [-0.25, -0.2) is 9.97 Å². The predicted octanol–water partition coefficient (Wildman–Crippen LogP) is 1.91. The van der Waals surface area contributed by atoms with Gasteiger partial charge in [-0.3, -0.25) is 4.98 Å². The summed E-state index contributed by atoms with van der Waals surface area (Å²) in [4.78, 5) is 13.3. The van der Waals surface area contributed by atoms with Gasteiger partial charge in [0.1, 0.15) is 11.5 Å². The van der Waals surface area contributed by atoms with E-state index in [2.05, 4.69) is 27.2 Å². The van der Waals surface area contributed by atoms with Crippen LogP contribution in [0.4, 0.5) is 5.82 Å². The van der Waals surface area contributed by atoms with Crippen molar-refractivity contribution in [2.75, 3.05) is 31.7 Å². The Morgan fingerprint density at radius 2 is 2.14 bits per heavy atom. The van der Waals surface area contributed by atoms with Crippen molar-refractivity contribution < 1.29 is 9.84 Å². The molecule has 0 unspecified atom stereocenters.